The van der Waals surface area contributed by atoms with Crippen molar-refractivity contribution in [2.24, 2.45) is 0 Å². The van der Waals surface area contributed by atoms with Gasteiger partial charge < -0.3 is 19.9 Å². The molecule has 0 atom stereocenters. The van der Waals surface area contributed by atoms with Crippen molar-refractivity contribution in [3.63, 3.8) is 0 Å². The third-order valence-electron chi connectivity index (χ3n) is 2.96. The number of benzene rings is 1. The molecular weight excluding hydrogens is 274 g/mol. The number of nitrogens with zero attached hydrogens (tertiary/aromatic N) is 2. The smallest absolute Gasteiger partial charge is 0.360 e. The number of aromatic nitrogens is 2. The second-order valence-electron chi connectivity index (χ2n) is 4.31. The van der Waals surface area contributed by atoms with Crippen molar-refractivity contribution in [2.45, 2.75) is 6.54 Å². The average molecular weight is 291 g/mol. The van der Waals surface area contributed by atoms with Gasteiger partial charge in [-0.3, -0.25) is 4.68 Å². The molecule has 2 N–H and O–H groups in total. The monoisotopic (exact) mass is 291 g/mol. The van der Waals surface area contributed by atoms with Gasteiger partial charge >= 0.3 is 5.97 Å². The van der Waals surface area contributed by atoms with E-state index in [1.807, 2.05) is 18.2 Å². The van der Waals surface area contributed by atoms with Crippen molar-refractivity contribution in [1.82, 2.24) is 9.78 Å². The summed E-state index contributed by atoms with van der Waals surface area (Å²) in [6, 6.07) is 5.54. The summed E-state index contributed by atoms with van der Waals surface area (Å²) in [4.78, 5) is 11.5. The van der Waals surface area contributed by atoms with E-state index in [9.17, 15) is 4.79 Å². The van der Waals surface area contributed by atoms with Crippen molar-refractivity contribution in [2.75, 3.05) is 27.1 Å². The molecule has 7 nitrogen and oxygen atoms in total. The molecular formula is C14H17N3O4. The Hall–Kier alpha value is -2.70. The van der Waals surface area contributed by atoms with Gasteiger partial charge in [0.05, 0.1) is 33.6 Å². The summed E-state index contributed by atoms with van der Waals surface area (Å²) in [5.41, 5.74) is 7.07. The molecule has 2 rings (SSSR count). The number of carbonyl (C=O) groups is 1. The maximum atomic E-state index is 11.5. The molecule has 7 heteroatoms. The maximum absolute atomic E-state index is 11.5. The lowest BCUT2D eigenvalue weighted by Gasteiger charge is -2.09. The summed E-state index contributed by atoms with van der Waals surface area (Å²) < 4.78 is 16.6. The molecule has 1 heterocycles. The largest absolute Gasteiger partial charge is 0.493 e. The third kappa shape index (κ3) is 3.07. The average Bonchev–Trinajstić information content (AvgIpc) is 2.86. The second kappa shape index (κ2) is 6.17. The van der Waals surface area contributed by atoms with Gasteiger partial charge in [0.2, 0.25) is 0 Å². The zero-order chi connectivity index (χ0) is 15.4. The Bertz CT molecular complexity index is 652. The highest BCUT2D eigenvalue weighted by Crippen LogP contribution is 2.27. The molecule has 0 aliphatic heterocycles. The normalized spacial score (nSPS) is 10.2. The zero-order valence-electron chi connectivity index (χ0n) is 12.1. The van der Waals surface area contributed by atoms with E-state index in [1.165, 1.54) is 7.11 Å². The van der Waals surface area contributed by atoms with Gasteiger partial charge in [0.15, 0.2) is 17.2 Å². The molecule has 2 aromatic rings. The first kappa shape index (κ1) is 14.7. The van der Waals surface area contributed by atoms with Gasteiger partial charge in [-0.25, -0.2) is 4.79 Å². The summed E-state index contributed by atoms with van der Waals surface area (Å²) in [5.74, 6) is 0.721. The predicted octanol–water partition coefficient (Wildman–Crippen LogP) is 1.32. The number of esters is 1. The van der Waals surface area contributed by atoms with Crippen LogP contribution in [-0.4, -0.2) is 37.1 Å². The van der Waals surface area contributed by atoms with Crippen LogP contribution in [0.5, 0.6) is 11.5 Å². The number of hydrogen-bond donors (Lipinski definition) is 1. The van der Waals surface area contributed by atoms with Gasteiger partial charge in [0.25, 0.3) is 0 Å². The first-order valence-corrected chi connectivity index (χ1v) is 6.21. The number of nitrogens with two attached hydrogens (primary N) is 1. The molecule has 0 amide bonds. The summed E-state index contributed by atoms with van der Waals surface area (Å²) >= 11 is 0. The molecule has 1 aromatic heterocycles. The molecule has 0 spiro atoms. The van der Waals surface area contributed by atoms with Crippen molar-refractivity contribution < 1.29 is 19.0 Å². The summed E-state index contributed by atoms with van der Waals surface area (Å²) in [6.45, 7) is 0.446. The zero-order valence-corrected chi connectivity index (χ0v) is 12.1. The first-order valence-electron chi connectivity index (χ1n) is 6.21. The lowest BCUT2D eigenvalue weighted by atomic mass is 10.2. The second-order valence-corrected chi connectivity index (χ2v) is 4.31. The number of rotatable bonds is 5. The fraction of sp³-hybridized carbons (Fsp3) is 0.286. The van der Waals surface area contributed by atoms with Gasteiger partial charge in [-0.05, 0) is 17.7 Å². The lowest BCUT2D eigenvalue weighted by molar-refractivity contribution is 0.0594. The molecule has 0 bridgehead atoms. The molecule has 0 radical (unpaired) electrons. The van der Waals surface area contributed by atoms with Crippen molar-refractivity contribution >= 4 is 11.7 Å². The predicted molar refractivity (Wildman–Crippen MR) is 76.6 cm³/mol. The highest BCUT2D eigenvalue weighted by Gasteiger charge is 2.15. The quantitative estimate of drug-likeness (QED) is 0.836. The summed E-state index contributed by atoms with van der Waals surface area (Å²) in [7, 11) is 4.44. The van der Waals surface area contributed by atoms with E-state index in [0.29, 0.717) is 18.0 Å². The molecule has 0 unspecified atom stereocenters. The van der Waals surface area contributed by atoms with Crippen LogP contribution in [-0.2, 0) is 11.3 Å². The summed E-state index contributed by atoms with van der Waals surface area (Å²) in [5, 5.41) is 4.12. The van der Waals surface area contributed by atoms with Crippen molar-refractivity contribution in [3.05, 3.63) is 35.7 Å². The fourth-order valence-corrected chi connectivity index (χ4v) is 1.94. The molecule has 112 valence electrons. The highest BCUT2D eigenvalue weighted by atomic mass is 16.5. The number of hydrogen-bond acceptors (Lipinski definition) is 6. The van der Waals surface area contributed by atoms with Crippen molar-refractivity contribution in [3.8, 4) is 11.5 Å². The Kier molecular flexibility index (Phi) is 4.32. The number of anilines is 1. The molecule has 0 aliphatic rings. The fourth-order valence-electron chi connectivity index (χ4n) is 1.94. The SMILES string of the molecule is COC(=O)c1nn(Cc2ccc(OC)c(OC)c2)cc1N. The van der Waals surface area contributed by atoms with E-state index in [-0.39, 0.29) is 11.4 Å². The van der Waals surface area contributed by atoms with Crippen LogP contribution in [0.25, 0.3) is 0 Å². The van der Waals surface area contributed by atoms with E-state index in [2.05, 4.69) is 9.84 Å². The maximum Gasteiger partial charge on any atom is 0.360 e. The molecule has 1 aromatic carbocycles. The van der Waals surface area contributed by atoms with Crippen LogP contribution in [0.4, 0.5) is 5.69 Å². The van der Waals surface area contributed by atoms with Gasteiger partial charge in [0, 0.05) is 6.20 Å². The molecule has 0 aliphatic carbocycles. The minimum absolute atomic E-state index is 0.109. The van der Waals surface area contributed by atoms with E-state index in [0.717, 1.165) is 5.56 Å². The minimum atomic E-state index is -0.557. The van der Waals surface area contributed by atoms with Crippen molar-refractivity contribution in [1.29, 1.82) is 0 Å². The molecule has 0 saturated carbocycles. The van der Waals surface area contributed by atoms with Crippen LogP contribution in [0.3, 0.4) is 0 Å². The van der Waals surface area contributed by atoms with E-state index >= 15 is 0 Å². The first-order chi connectivity index (χ1) is 10.1. The van der Waals surface area contributed by atoms with Gasteiger partial charge in [-0.15, -0.1) is 0 Å². The van der Waals surface area contributed by atoms with Crippen LogP contribution >= 0.6 is 0 Å². The summed E-state index contributed by atoms with van der Waals surface area (Å²) in [6.07, 6.45) is 1.59. The van der Waals surface area contributed by atoms with Crippen LogP contribution in [0.15, 0.2) is 24.4 Å². The highest BCUT2D eigenvalue weighted by molar-refractivity contribution is 5.92. The van der Waals surface area contributed by atoms with E-state index in [4.69, 9.17) is 15.2 Å². The van der Waals surface area contributed by atoms with Crippen LogP contribution < -0.4 is 15.2 Å². The topological polar surface area (TPSA) is 88.6 Å². The number of carbonyl (C=O) groups excluding carboxylic acids is 1. The van der Waals surface area contributed by atoms with E-state index < -0.39 is 5.97 Å². The standard InChI is InChI=1S/C14H17N3O4/c1-19-11-5-4-9(6-12(11)20-2)7-17-8-10(15)13(16-17)14(18)21-3/h4-6,8H,7,15H2,1-3H3. The molecule has 21 heavy (non-hydrogen) atoms. The Balaban J connectivity index is 2.24. The number of nitrogen functional groups attached to an aromatic ring is 1. The number of methoxy groups -OCH3 is 3. The molecule has 0 saturated heterocycles. The Morgan fingerprint density at radius 3 is 2.57 bits per heavy atom. The van der Waals surface area contributed by atoms with Gasteiger partial charge in [-0.1, -0.05) is 6.07 Å². The number of ether oxygens (including phenoxy) is 3. The Labute approximate surface area is 122 Å². The van der Waals surface area contributed by atoms with Gasteiger partial charge in [-0.2, -0.15) is 5.10 Å². The van der Waals surface area contributed by atoms with Crippen LogP contribution in [0, 0.1) is 0 Å². The minimum Gasteiger partial charge on any atom is -0.493 e. The Morgan fingerprint density at radius 2 is 1.95 bits per heavy atom. The molecule has 0 fully saturated rings. The van der Waals surface area contributed by atoms with E-state index in [1.54, 1.807) is 25.1 Å². The third-order valence-corrected chi connectivity index (χ3v) is 2.96. The van der Waals surface area contributed by atoms with Crippen LogP contribution in [0.1, 0.15) is 16.1 Å². The van der Waals surface area contributed by atoms with Crippen LogP contribution in [0.2, 0.25) is 0 Å². The Morgan fingerprint density at radius 1 is 1.24 bits per heavy atom. The van der Waals surface area contributed by atoms with Gasteiger partial charge in [0.1, 0.15) is 0 Å². The lowest BCUT2D eigenvalue weighted by Crippen LogP contribution is -2.07.